The average molecular weight is 352 g/mol. The Labute approximate surface area is 148 Å². The van der Waals surface area contributed by atoms with Gasteiger partial charge in [0, 0.05) is 6.04 Å². The van der Waals surface area contributed by atoms with Gasteiger partial charge in [-0.1, -0.05) is 12.2 Å². The van der Waals surface area contributed by atoms with Crippen LogP contribution in [0.1, 0.15) is 46.5 Å². The maximum Gasteiger partial charge on any atom is 0.408 e. The van der Waals surface area contributed by atoms with Crippen molar-refractivity contribution in [1.82, 2.24) is 10.2 Å². The van der Waals surface area contributed by atoms with Gasteiger partial charge in [0.05, 0.1) is 0 Å². The molecule has 1 fully saturated rings. The molecule has 140 valence electrons. The maximum absolute atomic E-state index is 12.9. The fourth-order valence-electron chi connectivity index (χ4n) is 2.90. The van der Waals surface area contributed by atoms with Gasteiger partial charge in [0.25, 0.3) is 0 Å². The zero-order valence-corrected chi connectivity index (χ0v) is 15.2. The Morgan fingerprint density at radius 1 is 1.32 bits per heavy atom. The molecule has 7 heteroatoms. The summed E-state index contributed by atoms with van der Waals surface area (Å²) in [5, 5.41) is 11.9. The van der Waals surface area contributed by atoms with Crippen molar-refractivity contribution < 1.29 is 24.2 Å². The standard InChI is InChI=1S/C18H28N2O5/c1-6-9-12-10-8-11-14(16(22)23)20(12)15(21)13(7-2)19-17(24)25-18(3,4)5/h6-7,12-14H,1-2,8-11H2,3-5H3,(H,19,24)(H,22,23)/t12?,13-,14-/m0/s1. The Balaban J connectivity index is 2.98. The molecule has 0 aromatic carbocycles. The number of ether oxygens (including phenoxy) is 1. The molecular weight excluding hydrogens is 324 g/mol. The Hall–Kier alpha value is -2.31. The summed E-state index contributed by atoms with van der Waals surface area (Å²) in [5.74, 6) is -1.55. The molecule has 0 radical (unpaired) electrons. The lowest BCUT2D eigenvalue weighted by Crippen LogP contribution is -2.58. The zero-order chi connectivity index (χ0) is 19.2. The van der Waals surface area contributed by atoms with E-state index in [2.05, 4.69) is 18.5 Å². The van der Waals surface area contributed by atoms with Crippen molar-refractivity contribution in [3.63, 3.8) is 0 Å². The van der Waals surface area contributed by atoms with Crippen molar-refractivity contribution in [3.8, 4) is 0 Å². The third-order valence-corrected chi connectivity index (χ3v) is 3.90. The zero-order valence-electron chi connectivity index (χ0n) is 15.2. The molecule has 1 heterocycles. The Morgan fingerprint density at radius 3 is 2.44 bits per heavy atom. The number of carbonyl (C=O) groups is 3. The first-order valence-corrected chi connectivity index (χ1v) is 8.38. The van der Waals surface area contributed by atoms with Gasteiger partial charge in [-0.05, 0) is 46.5 Å². The second-order valence-corrected chi connectivity index (χ2v) is 7.07. The number of carboxylic acids is 1. The number of carbonyl (C=O) groups excluding carboxylic acids is 2. The van der Waals surface area contributed by atoms with Crippen molar-refractivity contribution in [3.05, 3.63) is 25.3 Å². The van der Waals surface area contributed by atoms with Gasteiger partial charge in [-0.15, -0.1) is 13.2 Å². The van der Waals surface area contributed by atoms with Crippen LogP contribution < -0.4 is 5.32 Å². The fourth-order valence-corrected chi connectivity index (χ4v) is 2.90. The quantitative estimate of drug-likeness (QED) is 0.716. The molecule has 0 bridgehead atoms. The SMILES string of the molecule is C=CCC1CCC[C@@H](C(=O)O)N1C(=O)[C@H](C=C)NC(=O)OC(C)(C)C. The highest BCUT2D eigenvalue weighted by Gasteiger charge is 2.40. The van der Waals surface area contributed by atoms with Crippen LogP contribution in [-0.2, 0) is 14.3 Å². The van der Waals surface area contributed by atoms with E-state index in [4.69, 9.17) is 4.74 Å². The summed E-state index contributed by atoms with van der Waals surface area (Å²) in [7, 11) is 0. The molecule has 25 heavy (non-hydrogen) atoms. The number of hydrogen-bond acceptors (Lipinski definition) is 4. The highest BCUT2D eigenvalue weighted by atomic mass is 16.6. The fraction of sp³-hybridized carbons (Fsp3) is 0.611. The number of nitrogens with one attached hydrogen (secondary N) is 1. The van der Waals surface area contributed by atoms with Gasteiger partial charge in [0.2, 0.25) is 5.91 Å². The lowest BCUT2D eigenvalue weighted by atomic mass is 9.92. The first kappa shape index (κ1) is 20.7. The van der Waals surface area contributed by atoms with E-state index >= 15 is 0 Å². The van der Waals surface area contributed by atoms with Crippen LogP contribution in [0.5, 0.6) is 0 Å². The van der Waals surface area contributed by atoms with E-state index in [1.807, 2.05) is 0 Å². The number of rotatable bonds is 6. The monoisotopic (exact) mass is 352 g/mol. The first-order valence-electron chi connectivity index (χ1n) is 8.38. The molecule has 1 aliphatic rings. The molecular formula is C18H28N2O5. The van der Waals surface area contributed by atoms with Crippen LogP contribution in [0.4, 0.5) is 4.79 Å². The molecule has 0 aromatic rings. The molecule has 0 aliphatic carbocycles. The summed E-state index contributed by atoms with van der Waals surface area (Å²) in [5.41, 5.74) is -0.709. The van der Waals surface area contributed by atoms with E-state index < -0.39 is 35.7 Å². The van der Waals surface area contributed by atoms with Crippen LogP contribution in [0.3, 0.4) is 0 Å². The molecule has 1 aliphatic heterocycles. The second-order valence-electron chi connectivity index (χ2n) is 7.07. The van der Waals surface area contributed by atoms with Gasteiger partial charge in [-0.2, -0.15) is 0 Å². The summed E-state index contributed by atoms with van der Waals surface area (Å²) in [6.45, 7) is 12.4. The smallest absolute Gasteiger partial charge is 0.408 e. The molecule has 1 unspecified atom stereocenters. The summed E-state index contributed by atoms with van der Waals surface area (Å²) in [6.07, 6.45) is 4.48. The number of aliphatic carboxylic acids is 1. The van der Waals surface area contributed by atoms with Gasteiger partial charge in [-0.3, -0.25) is 4.79 Å². The van der Waals surface area contributed by atoms with Crippen molar-refractivity contribution in [2.75, 3.05) is 0 Å². The van der Waals surface area contributed by atoms with E-state index in [0.29, 0.717) is 19.3 Å². The molecule has 2 N–H and O–H groups in total. The third-order valence-electron chi connectivity index (χ3n) is 3.90. The minimum atomic E-state index is -1.05. The molecule has 2 amide bonds. The molecule has 1 rings (SSSR count). The number of likely N-dealkylation sites (tertiary alicyclic amines) is 1. The minimum Gasteiger partial charge on any atom is -0.480 e. The number of alkyl carbamates (subject to hydrolysis) is 1. The number of piperidine rings is 1. The second kappa shape index (κ2) is 8.69. The summed E-state index contributed by atoms with van der Waals surface area (Å²) >= 11 is 0. The van der Waals surface area contributed by atoms with Gasteiger partial charge in [-0.25, -0.2) is 9.59 Å². The number of carboxylic acid groups (broad SMARTS) is 1. The van der Waals surface area contributed by atoms with E-state index in [1.165, 1.54) is 11.0 Å². The van der Waals surface area contributed by atoms with Gasteiger partial charge >= 0.3 is 12.1 Å². The summed E-state index contributed by atoms with van der Waals surface area (Å²) in [6, 6.07) is -2.24. The van der Waals surface area contributed by atoms with Crippen LogP contribution in [0.25, 0.3) is 0 Å². The van der Waals surface area contributed by atoms with Crippen LogP contribution in [0.15, 0.2) is 25.3 Å². The van der Waals surface area contributed by atoms with Crippen molar-refractivity contribution in [1.29, 1.82) is 0 Å². The Morgan fingerprint density at radius 2 is 1.96 bits per heavy atom. The van der Waals surface area contributed by atoms with E-state index in [-0.39, 0.29) is 6.04 Å². The topological polar surface area (TPSA) is 95.9 Å². The molecule has 1 saturated heterocycles. The third kappa shape index (κ3) is 5.92. The highest BCUT2D eigenvalue weighted by Crippen LogP contribution is 2.26. The Kier molecular flexibility index (Phi) is 7.21. The van der Waals surface area contributed by atoms with Crippen molar-refractivity contribution >= 4 is 18.0 Å². The first-order chi connectivity index (χ1) is 11.6. The summed E-state index contributed by atoms with van der Waals surface area (Å²) in [4.78, 5) is 37.8. The lowest BCUT2D eigenvalue weighted by Gasteiger charge is -2.41. The normalized spacial score (nSPS) is 21.8. The van der Waals surface area contributed by atoms with Crippen LogP contribution in [0, 0.1) is 0 Å². The van der Waals surface area contributed by atoms with Crippen LogP contribution >= 0.6 is 0 Å². The predicted octanol–water partition coefficient (Wildman–Crippen LogP) is 2.48. The van der Waals surface area contributed by atoms with Crippen molar-refractivity contribution in [2.24, 2.45) is 0 Å². The number of amides is 2. The minimum absolute atomic E-state index is 0.261. The van der Waals surface area contributed by atoms with E-state index in [1.54, 1.807) is 26.8 Å². The number of nitrogens with zero attached hydrogens (tertiary/aromatic N) is 1. The number of hydrogen-bond donors (Lipinski definition) is 2. The average Bonchev–Trinajstić information content (AvgIpc) is 2.50. The molecule has 0 saturated carbocycles. The van der Waals surface area contributed by atoms with Crippen LogP contribution in [0.2, 0.25) is 0 Å². The molecule has 3 atom stereocenters. The largest absolute Gasteiger partial charge is 0.480 e. The highest BCUT2D eigenvalue weighted by molar-refractivity contribution is 5.91. The van der Waals surface area contributed by atoms with E-state index in [0.717, 1.165) is 6.42 Å². The molecule has 7 nitrogen and oxygen atoms in total. The van der Waals surface area contributed by atoms with Gasteiger partial charge in [0.1, 0.15) is 17.7 Å². The lowest BCUT2D eigenvalue weighted by molar-refractivity contribution is -0.155. The molecule has 0 aromatic heterocycles. The van der Waals surface area contributed by atoms with E-state index in [9.17, 15) is 19.5 Å². The maximum atomic E-state index is 12.9. The van der Waals surface area contributed by atoms with Crippen LogP contribution in [-0.4, -0.2) is 51.7 Å². The molecule has 0 spiro atoms. The predicted molar refractivity (Wildman–Crippen MR) is 94.1 cm³/mol. The van der Waals surface area contributed by atoms with Gasteiger partial charge < -0.3 is 20.1 Å². The van der Waals surface area contributed by atoms with Gasteiger partial charge in [0.15, 0.2) is 0 Å². The summed E-state index contributed by atoms with van der Waals surface area (Å²) < 4.78 is 5.16. The Bertz CT molecular complexity index is 538. The van der Waals surface area contributed by atoms with Crippen molar-refractivity contribution in [2.45, 2.75) is 70.2 Å².